The number of benzene rings is 2. The summed E-state index contributed by atoms with van der Waals surface area (Å²) in [7, 11) is 0. The maximum absolute atomic E-state index is 12.5. The van der Waals surface area contributed by atoms with Crippen LogP contribution in [-0.2, 0) is 0 Å². The highest BCUT2D eigenvalue weighted by Crippen LogP contribution is 2.17. The molecule has 2 amide bonds. The summed E-state index contributed by atoms with van der Waals surface area (Å²) in [6, 6.07) is 17.3. The zero-order valence-corrected chi connectivity index (χ0v) is 14.7. The number of carbonyl (C=O) groups is 2. The summed E-state index contributed by atoms with van der Waals surface area (Å²) in [5.74, 6) is -0.449. The predicted octanol–water partition coefficient (Wildman–Crippen LogP) is 3.97. The molecule has 0 aliphatic carbocycles. The number of furan rings is 1. The number of nitrogens with one attached hydrogen (secondary N) is 2. The minimum absolute atomic E-state index is 0.202. The van der Waals surface area contributed by atoms with E-state index in [1.54, 1.807) is 48.9 Å². The third kappa shape index (κ3) is 3.83. The molecule has 2 heterocycles. The molecule has 0 saturated heterocycles. The van der Waals surface area contributed by atoms with Crippen LogP contribution in [0.3, 0.4) is 0 Å². The van der Waals surface area contributed by atoms with Gasteiger partial charge in [-0.2, -0.15) is 0 Å². The van der Waals surface area contributed by atoms with Crippen molar-refractivity contribution in [1.82, 2.24) is 9.55 Å². The SMILES string of the molecule is O=C(Nc1ccc(-n2ccnc2)cc1)c1cccc(NC(=O)c2ccco2)c1. The lowest BCUT2D eigenvalue weighted by Crippen LogP contribution is -2.14. The molecular formula is C21H16N4O3. The molecule has 0 radical (unpaired) electrons. The van der Waals surface area contributed by atoms with Crippen molar-refractivity contribution < 1.29 is 14.0 Å². The molecule has 0 atom stereocenters. The molecule has 4 rings (SSSR count). The van der Waals surface area contributed by atoms with E-state index < -0.39 is 0 Å². The van der Waals surface area contributed by atoms with Crippen LogP contribution < -0.4 is 10.6 Å². The fourth-order valence-corrected chi connectivity index (χ4v) is 2.67. The highest BCUT2D eigenvalue weighted by Gasteiger charge is 2.11. The number of anilines is 2. The van der Waals surface area contributed by atoms with Gasteiger partial charge in [0.1, 0.15) is 0 Å². The van der Waals surface area contributed by atoms with E-state index in [0.29, 0.717) is 16.9 Å². The molecule has 138 valence electrons. The zero-order chi connectivity index (χ0) is 19.3. The highest BCUT2D eigenvalue weighted by molar-refractivity contribution is 6.06. The number of carbonyl (C=O) groups excluding carboxylic acids is 2. The predicted molar refractivity (Wildman–Crippen MR) is 105 cm³/mol. The summed E-state index contributed by atoms with van der Waals surface area (Å²) in [6.07, 6.45) is 6.68. The Morgan fingerprint density at radius 2 is 1.71 bits per heavy atom. The van der Waals surface area contributed by atoms with Gasteiger partial charge >= 0.3 is 0 Å². The van der Waals surface area contributed by atoms with Crippen molar-refractivity contribution in [2.75, 3.05) is 10.6 Å². The van der Waals surface area contributed by atoms with Gasteiger partial charge in [-0.3, -0.25) is 9.59 Å². The molecule has 7 heteroatoms. The second-order valence-corrected chi connectivity index (χ2v) is 5.98. The van der Waals surface area contributed by atoms with Crippen molar-refractivity contribution in [3.63, 3.8) is 0 Å². The summed E-state index contributed by atoms with van der Waals surface area (Å²) in [5.41, 5.74) is 2.54. The topological polar surface area (TPSA) is 89.2 Å². The van der Waals surface area contributed by atoms with Crippen LogP contribution in [-0.4, -0.2) is 21.4 Å². The van der Waals surface area contributed by atoms with E-state index in [4.69, 9.17) is 4.42 Å². The first-order valence-corrected chi connectivity index (χ1v) is 8.54. The third-order valence-electron chi connectivity index (χ3n) is 4.06. The smallest absolute Gasteiger partial charge is 0.291 e. The Kier molecular flexibility index (Phi) is 4.71. The monoisotopic (exact) mass is 372 g/mol. The fraction of sp³-hybridized carbons (Fsp3) is 0. The van der Waals surface area contributed by atoms with Gasteiger partial charge in [0.15, 0.2) is 5.76 Å². The molecule has 2 N–H and O–H groups in total. The summed E-state index contributed by atoms with van der Waals surface area (Å²) in [5, 5.41) is 5.55. The van der Waals surface area contributed by atoms with Gasteiger partial charge in [-0.25, -0.2) is 4.98 Å². The standard InChI is InChI=1S/C21H16N4O3/c26-20(23-16-6-8-18(9-7-16)25-11-10-22-14-25)15-3-1-4-17(13-15)24-21(27)19-5-2-12-28-19/h1-14H,(H,23,26)(H,24,27). The highest BCUT2D eigenvalue weighted by atomic mass is 16.3. The zero-order valence-electron chi connectivity index (χ0n) is 14.7. The molecule has 2 aromatic carbocycles. The van der Waals surface area contributed by atoms with E-state index in [-0.39, 0.29) is 17.6 Å². The van der Waals surface area contributed by atoms with E-state index in [1.165, 1.54) is 6.26 Å². The van der Waals surface area contributed by atoms with E-state index in [2.05, 4.69) is 15.6 Å². The lowest BCUT2D eigenvalue weighted by molar-refractivity contribution is 0.0993. The lowest BCUT2D eigenvalue weighted by Gasteiger charge is -2.09. The molecule has 4 aromatic rings. The molecule has 0 aliphatic rings. The first kappa shape index (κ1) is 17.3. The van der Waals surface area contributed by atoms with Crippen molar-refractivity contribution in [1.29, 1.82) is 0 Å². The quantitative estimate of drug-likeness (QED) is 0.555. The molecule has 0 saturated carbocycles. The minimum Gasteiger partial charge on any atom is -0.459 e. The molecule has 0 aliphatic heterocycles. The minimum atomic E-state index is -0.377. The molecule has 28 heavy (non-hydrogen) atoms. The Morgan fingerprint density at radius 1 is 0.893 bits per heavy atom. The van der Waals surface area contributed by atoms with Gasteiger partial charge in [0.2, 0.25) is 0 Å². The van der Waals surface area contributed by atoms with E-state index >= 15 is 0 Å². The van der Waals surface area contributed by atoms with Crippen LogP contribution in [0.1, 0.15) is 20.9 Å². The summed E-state index contributed by atoms with van der Waals surface area (Å²) >= 11 is 0. The van der Waals surface area contributed by atoms with E-state index in [9.17, 15) is 9.59 Å². The molecular weight excluding hydrogens is 356 g/mol. The average Bonchev–Trinajstić information content (AvgIpc) is 3.43. The van der Waals surface area contributed by atoms with Crippen molar-refractivity contribution in [2.45, 2.75) is 0 Å². The van der Waals surface area contributed by atoms with Crippen molar-refractivity contribution in [2.24, 2.45) is 0 Å². The van der Waals surface area contributed by atoms with Gasteiger partial charge < -0.3 is 19.6 Å². The van der Waals surface area contributed by atoms with Crippen LogP contribution in [0.4, 0.5) is 11.4 Å². The van der Waals surface area contributed by atoms with Crippen LogP contribution in [0, 0.1) is 0 Å². The summed E-state index contributed by atoms with van der Waals surface area (Å²) < 4.78 is 6.94. The van der Waals surface area contributed by atoms with E-state index in [0.717, 1.165) is 5.69 Å². The van der Waals surface area contributed by atoms with Gasteiger partial charge in [0.25, 0.3) is 11.8 Å². The first-order valence-electron chi connectivity index (χ1n) is 8.54. The van der Waals surface area contributed by atoms with Crippen molar-refractivity contribution in [3.8, 4) is 5.69 Å². The molecule has 0 spiro atoms. The van der Waals surface area contributed by atoms with Gasteiger partial charge in [0.05, 0.1) is 12.6 Å². The Labute approximate surface area is 160 Å². The van der Waals surface area contributed by atoms with Crippen LogP contribution >= 0.6 is 0 Å². The van der Waals surface area contributed by atoms with Gasteiger partial charge in [0, 0.05) is 35.0 Å². The summed E-state index contributed by atoms with van der Waals surface area (Å²) in [4.78, 5) is 28.6. The van der Waals surface area contributed by atoms with Crippen molar-refractivity contribution >= 4 is 23.2 Å². The number of amides is 2. The molecule has 7 nitrogen and oxygen atoms in total. The molecule has 2 aromatic heterocycles. The molecule has 0 unspecified atom stereocenters. The lowest BCUT2D eigenvalue weighted by atomic mass is 10.1. The van der Waals surface area contributed by atoms with Crippen LogP contribution in [0.5, 0.6) is 0 Å². The Hall–Kier alpha value is -4.13. The van der Waals surface area contributed by atoms with Crippen LogP contribution in [0.2, 0.25) is 0 Å². The van der Waals surface area contributed by atoms with Crippen LogP contribution in [0.15, 0.2) is 90.1 Å². The van der Waals surface area contributed by atoms with Gasteiger partial charge in [-0.1, -0.05) is 6.07 Å². The maximum atomic E-state index is 12.5. The Balaban J connectivity index is 1.44. The largest absolute Gasteiger partial charge is 0.459 e. The average molecular weight is 372 g/mol. The molecule has 0 fully saturated rings. The fourth-order valence-electron chi connectivity index (χ4n) is 2.67. The second kappa shape index (κ2) is 7.63. The second-order valence-electron chi connectivity index (χ2n) is 5.98. The van der Waals surface area contributed by atoms with E-state index in [1.807, 2.05) is 35.0 Å². The van der Waals surface area contributed by atoms with Gasteiger partial charge in [-0.15, -0.1) is 0 Å². The number of aromatic nitrogens is 2. The third-order valence-corrected chi connectivity index (χ3v) is 4.06. The van der Waals surface area contributed by atoms with Crippen molar-refractivity contribution in [3.05, 3.63) is 97.0 Å². The maximum Gasteiger partial charge on any atom is 0.291 e. The summed E-state index contributed by atoms with van der Waals surface area (Å²) in [6.45, 7) is 0. The van der Waals surface area contributed by atoms with Gasteiger partial charge in [-0.05, 0) is 54.6 Å². The number of hydrogen-bond acceptors (Lipinski definition) is 4. The number of rotatable bonds is 5. The normalized spacial score (nSPS) is 10.4. The number of nitrogens with zero attached hydrogens (tertiary/aromatic N) is 2. The number of imidazole rings is 1. The number of hydrogen-bond donors (Lipinski definition) is 2. The Bertz CT molecular complexity index is 1090. The first-order chi connectivity index (χ1) is 13.7. The molecule has 0 bridgehead atoms. The van der Waals surface area contributed by atoms with Crippen LogP contribution in [0.25, 0.3) is 5.69 Å². The Morgan fingerprint density at radius 3 is 2.43 bits per heavy atom.